The zero-order chi connectivity index (χ0) is 13.5. The van der Waals surface area contributed by atoms with Gasteiger partial charge >= 0.3 is 0 Å². The first kappa shape index (κ1) is 15.1. The van der Waals surface area contributed by atoms with Crippen molar-refractivity contribution in [2.45, 2.75) is 33.7 Å². The Hall–Kier alpha value is -0.990. The molecule has 0 saturated heterocycles. The molecule has 0 amide bonds. The lowest BCUT2D eigenvalue weighted by molar-refractivity contribution is 0.344. The van der Waals surface area contributed by atoms with E-state index in [-0.39, 0.29) is 6.04 Å². The molecule has 3 heteroatoms. The Bertz CT molecular complexity index is 415. The first-order valence-electron chi connectivity index (χ1n) is 6.31. The van der Waals surface area contributed by atoms with Crippen LogP contribution in [-0.2, 0) is 0 Å². The van der Waals surface area contributed by atoms with E-state index < -0.39 is 0 Å². The number of ether oxygens (including phenoxy) is 1. The molecule has 1 aromatic rings. The molecule has 0 aliphatic heterocycles. The fraction of sp³-hybridized carbons (Fsp3) is 0.467. The molecule has 0 saturated carbocycles. The van der Waals surface area contributed by atoms with Crippen LogP contribution in [0.15, 0.2) is 29.3 Å². The molecule has 2 nitrogen and oxygen atoms in total. The smallest absolute Gasteiger partial charge is 0.124 e. The quantitative estimate of drug-likeness (QED) is 0.835. The van der Waals surface area contributed by atoms with E-state index in [4.69, 9.17) is 16.3 Å². The molecule has 0 spiro atoms. The van der Waals surface area contributed by atoms with Crippen molar-refractivity contribution in [2.24, 2.45) is 0 Å². The zero-order valence-electron chi connectivity index (χ0n) is 11.6. The molecular weight excluding hydrogens is 246 g/mol. The van der Waals surface area contributed by atoms with Crippen molar-refractivity contribution < 1.29 is 4.74 Å². The highest BCUT2D eigenvalue weighted by Crippen LogP contribution is 2.26. The molecule has 0 heterocycles. The lowest BCUT2D eigenvalue weighted by Crippen LogP contribution is -2.18. The average Bonchev–Trinajstić information content (AvgIpc) is 2.36. The molecule has 0 aliphatic rings. The predicted octanol–water partition coefficient (Wildman–Crippen LogP) is 4.19. The molecule has 0 aromatic heterocycles. The van der Waals surface area contributed by atoms with E-state index in [1.54, 1.807) is 5.54 Å². The summed E-state index contributed by atoms with van der Waals surface area (Å²) in [6, 6.07) is 6.59. The van der Waals surface area contributed by atoms with Gasteiger partial charge in [0, 0.05) is 17.1 Å². The van der Waals surface area contributed by atoms with Crippen molar-refractivity contribution in [3.05, 3.63) is 40.4 Å². The lowest BCUT2D eigenvalue weighted by Gasteiger charge is -2.18. The van der Waals surface area contributed by atoms with Gasteiger partial charge in [-0.25, -0.2) is 0 Å². The SMILES string of the molecule is CCNC(C)c1ccc(C)cc1OC/C(C)=C/Cl. The average molecular weight is 268 g/mol. The molecule has 0 radical (unpaired) electrons. The largest absolute Gasteiger partial charge is 0.489 e. The topological polar surface area (TPSA) is 21.3 Å². The summed E-state index contributed by atoms with van der Waals surface area (Å²) in [5.74, 6) is 0.932. The number of rotatable bonds is 6. The highest BCUT2D eigenvalue weighted by Gasteiger charge is 2.11. The van der Waals surface area contributed by atoms with Crippen molar-refractivity contribution in [3.63, 3.8) is 0 Å². The summed E-state index contributed by atoms with van der Waals surface area (Å²) in [7, 11) is 0. The first-order valence-corrected chi connectivity index (χ1v) is 6.74. The van der Waals surface area contributed by atoms with Gasteiger partial charge in [-0.2, -0.15) is 0 Å². The molecule has 1 N–H and O–H groups in total. The minimum Gasteiger partial charge on any atom is -0.489 e. The molecule has 0 aliphatic carbocycles. The summed E-state index contributed by atoms with van der Waals surface area (Å²) in [5, 5.41) is 3.40. The highest BCUT2D eigenvalue weighted by atomic mass is 35.5. The van der Waals surface area contributed by atoms with E-state index in [0.717, 1.165) is 17.9 Å². The first-order chi connectivity index (χ1) is 8.58. The van der Waals surface area contributed by atoms with E-state index in [0.29, 0.717) is 6.61 Å². The minimum absolute atomic E-state index is 0.283. The number of nitrogens with one attached hydrogen (secondary N) is 1. The van der Waals surface area contributed by atoms with Crippen molar-refractivity contribution in [1.29, 1.82) is 0 Å². The maximum atomic E-state index is 5.85. The van der Waals surface area contributed by atoms with Gasteiger partial charge in [0.05, 0.1) is 0 Å². The number of hydrogen-bond acceptors (Lipinski definition) is 2. The third-order valence-corrected chi connectivity index (χ3v) is 3.16. The monoisotopic (exact) mass is 267 g/mol. The number of hydrogen-bond donors (Lipinski definition) is 1. The van der Waals surface area contributed by atoms with E-state index in [1.165, 1.54) is 11.1 Å². The van der Waals surface area contributed by atoms with Gasteiger partial charge in [-0.05, 0) is 44.5 Å². The lowest BCUT2D eigenvalue weighted by atomic mass is 10.0. The molecule has 0 fully saturated rings. The van der Waals surface area contributed by atoms with E-state index in [1.807, 2.05) is 6.92 Å². The maximum absolute atomic E-state index is 5.85. The van der Waals surface area contributed by atoms with Crippen LogP contribution in [0.4, 0.5) is 0 Å². The van der Waals surface area contributed by atoms with Crippen LogP contribution in [0.5, 0.6) is 5.75 Å². The van der Waals surface area contributed by atoms with E-state index in [9.17, 15) is 0 Å². The Morgan fingerprint density at radius 1 is 1.50 bits per heavy atom. The van der Waals surface area contributed by atoms with Crippen LogP contribution in [-0.4, -0.2) is 13.2 Å². The number of benzene rings is 1. The van der Waals surface area contributed by atoms with Gasteiger partial charge < -0.3 is 10.1 Å². The maximum Gasteiger partial charge on any atom is 0.124 e. The summed E-state index contributed by atoms with van der Waals surface area (Å²) >= 11 is 5.65. The minimum atomic E-state index is 0.283. The fourth-order valence-electron chi connectivity index (χ4n) is 1.76. The van der Waals surface area contributed by atoms with Gasteiger partial charge in [0.15, 0.2) is 0 Å². The molecule has 1 aromatic carbocycles. The summed E-state index contributed by atoms with van der Waals surface area (Å²) in [5.41, 5.74) is 4.96. The number of aryl methyl sites for hydroxylation is 1. The predicted molar refractivity (Wildman–Crippen MR) is 78.4 cm³/mol. The second kappa shape index (κ2) is 7.45. The van der Waals surface area contributed by atoms with E-state index in [2.05, 4.69) is 44.3 Å². The van der Waals surface area contributed by atoms with Crippen LogP contribution < -0.4 is 10.1 Å². The third-order valence-electron chi connectivity index (χ3n) is 2.79. The summed E-state index contributed by atoms with van der Waals surface area (Å²) in [6.45, 7) is 9.74. The Labute approximate surface area is 115 Å². The zero-order valence-corrected chi connectivity index (χ0v) is 12.3. The van der Waals surface area contributed by atoms with Gasteiger partial charge in [0.1, 0.15) is 12.4 Å². The molecule has 100 valence electrons. The Kier molecular flexibility index (Phi) is 6.23. The molecule has 18 heavy (non-hydrogen) atoms. The Morgan fingerprint density at radius 2 is 2.22 bits per heavy atom. The van der Waals surface area contributed by atoms with Gasteiger partial charge in [0.2, 0.25) is 0 Å². The van der Waals surface area contributed by atoms with Gasteiger partial charge in [-0.3, -0.25) is 0 Å². The second-order valence-electron chi connectivity index (χ2n) is 4.56. The normalized spacial score (nSPS) is 13.5. The molecule has 1 atom stereocenters. The van der Waals surface area contributed by atoms with E-state index >= 15 is 0 Å². The van der Waals surface area contributed by atoms with Crippen molar-refractivity contribution in [3.8, 4) is 5.75 Å². The van der Waals surface area contributed by atoms with Crippen LogP contribution >= 0.6 is 11.6 Å². The Balaban J connectivity index is 2.89. The summed E-state index contributed by atoms with van der Waals surface area (Å²) < 4.78 is 5.85. The Morgan fingerprint density at radius 3 is 2.83 bits per heavy atom. The van der Waals surface area contributed by atoms with Crippen molar-refractivity contribution >= 4 is 11.6 Å². The molecule has 0 bridgehead atoms. The van der Waals surface area contributed by atoms with Crippen molar-refractivity contribution in [1.82, 2.24) is 5.32 Å². The van der Waals surface area contributed by atoms with Gasteiger partial charge in [0.25, 0.3) is 0 Å². The van der Waals surface area contributed by atoms with Gasteiger partial charge in [-0.15, -0.1) is 0 Å². The van der Waals surface area contributed by atoms with Crippen molar-refractivity contribution in [2.75, 3.05) is 13.2 Å². The molecule has 1 unspecified atom stereocenters. The second-order valence-corrected chi connectivity index (χ2v) is 4.78. The van der Waals surface area contributed by atoms with Crippen LogP contribution in [0.25, 0.3) is 0 Å². The summed E-state index contributed by atoms with van der Waals surface area (Å²) in [6.07, 6.45) is 0. The van der Waals surface area contributed by atoms with Crippen LogP contribution in [0.1, 0.15) is 37.9 Å². The van der Waals surface area contributed by atoms with Gasteiger partial charge in [-0.1, -0.05) is 30.7 Å². The van der Waals surface area contributed by atoms with Crippen LogP contribution in [0, 0.1) is 6.92 Å². The summed E-state index contributed by atoms with van der Waals surface area (Å²) in [4.78, 5) is 0. The van der Waals surface area contributed by atoms with Crippen LogP contribution in [0.2, 0.25) is 0 Å². The highest BCUT2D eigenvalue weighted by molar-refractivity contribution is 6.25. The molecular formula is C15H22ClNO. The molecule has 1 rings (SSSR count). The third kappa shape index (κ3) is 4.35. The number of halogens is 1. The van der Waals surface area contributed by atoms with Crippen LogP contribution in [0.3, 0.4) is 0 Å². The standard InChI is InChI=1S/C15H22ClNO/c1-5-17-13(4)14-7-6-11(2)8-15(14)18-10-12(3)9-16/h6-9,13,17H,5,10H2,1-4H3/b12-9+. The fourth-order valence-corrected chi connectivity index (χ4v) is 1.83.